The zero-order valence-corrected chi connectivity index (χ0v) is 15.2. The van der Waals surface area contributed by atoms with Gasteiger partial charge in [0.1, 0.15) is 5.82 Å². The van der Waals surface area contributed by atoms with E-state index in [1.54, 1.807) is 4.57 Å². The van der Waals surface area contributed by atoms with E-state index in [1.165, 1.54) is 6.07 Å². The predicted molar refractivity (Wildman–Crippen MR) is 108 cm³/mol. The van der Waals surface area contributed by atoms with Gasteiger partial charge in [-0.3, -0.25) is 9.36 Å². The molecule has 7 nitrogen and oxygen atoms in total. The van der Waals surface area contributed by atoms with Gasteiger partial charge in [0, 0.05) is 37.2 Å². The van der Waals surface area contributed by atoms with Crippen LogP contribution in [0.5, 0.6) is 0 Å². The van der Waals surface area contributed by atoms with E-state index in [1.807, 2.05) is 30.3 Å². The van der Waals surface area contributed by atoms with Gasteiger partial charge in [-0.2, -0.15) is 0 Å². The van der Waals surface area contributed by atoms with E-state index in [0.29, 0.717) is 37.0 Å². The number of hydrogen-bond acceptors (Lipinski definition) is 6. The van der Waals surface area contributed by atoms with Crippen molar-refractivity contribution >= 4 is 17.7 Å². The molecule has 2 aromatic rings. The molecule has 0 amide bonds. The summed E-state index contributed by atoms with van der Waals surface area (Å²) >= 11 is 0. The summed E-state index contributed by atoms with van der Waals surface area (Å²) in [5.41, 5.74) is 7.45. The maximum atomic E-state index is 12.6. The lowest BCUT2D eigenvalue weighted by Crippen LogP contribution is -2.37. The van der Waals surface area contributed by atoms with E-state index < -0.39 is 0 Å². The van der Waals surface area contributed by atoms with Gasteiger partial charge in [-0.05, 0) is 18.4 Å². The average molecular weight is 367 g/mol. The van der Waals surface area contributed by atoms with Crippen LogP contribution in [-0.4, -0.2) is 30.0 Å². The zero-order valence-electron chi connectivity index (χ0n) is 15.2. The van der Waals surface area contributed by atoms with E-state index in [2.05, 4.69) is 17.2 Å². The first-order valence-corrected chi connectivity index (χ1v) is 8.96. The van der Waals surface area contributed by atoms with Crippen molar-refractivity contribution < 1.29 is 4.74 Å². The predicted octanol–water partition coefficient (Wildman–Crippen LogP) is 2.13. The van der Waals surface area contributed by atoms with Crippen molar-refractivity contribution in [1.82, 2.24) is 9.88 Å². The van der Waals surface area contributed by atoms with E-state index in [0.717, 1.165) is 24.6 Å². The number of nitrogens with two attached hydrogens (primary N) is 1. The van der Waals surface area contributed by atoms with E-state index >= 15 is 0 Å². The Morgan fingerprint density at radius 3 is 2.70 bits per heavy atom. The summed E-state index contributed by atoms with van der Waals surface area (Å²) in [5.74, 6) is 1.03. The molecule has 1 aromatic carbocycles. The molecule has 0 spiro atoms. The normalized spacial score (nSPS) is 14.5. The molecule has 1 aliphatic heterocycles. The molecule has 2 heterocycles. The zero-order chi connectivity index (χ0) is 19.2. The van der Waals surface area contributed by atoms with Crippen LogP contribution < -0.4 is 21.9 Å². The standard InChI is InChI=1S/C20H25N5O2/c1-14(23-16-7-9-27-10-8-16)24-20-17(12-21)18(22)11-19(26)25(20)13-15-5-3-2-4-6-15/h2-6,11-12,16,21,23-24H,1,7-10,13,22H2. The summed E-state index contributed by atoms with van der Waals surface area (Å²) in [4.78, 5) is 12.6. The lowest BCUT2D eigenvalue weighted by Gasteiger charge is -2.26. The molecule has 142 valence electrons. The van der Waals surface area contributed by atoms with Gasteiger partial charge in [-0.1, -0.05) is 36.9 Å². The topological polar surface area (TPSA) is 105 Å². The Hall–Kier alpha value is -3.06. The minimum absolute atomic E-state index is 0.233. The molecule has 1 fully saturated rings. The molecule has 0 aliphatic carbocycles. The minimum Gasteiger partial charge on any atom is -0.398 e. The second-order valence-electron chi connectivity index (χ2n) is 6.55. The van der Waals surface area contributed by atoms with Gasteiger partial charge < -0.3 is 26.5 Å². The molecule has 1 saturated heterocycles. The van der Waals surface area contributed by atoms with Gasteiger partial charge in [0.05, 0.1) is 17.9 Å². The lowest BCUT2D eigenvalue weighted by atomic mass is 10.1. The van der Waals surface area contributed by atoms with Crippen molar-refractivity contribution in [3.8, 4) is 0 Å². The van der Waals surface area contributed by atoms with Crippen molar-refractivity contribution in [3.05, 3.63) is 70.3 Å². The maximum absolute atomic E-state index is 12.6. The van der Waals surface area contributed by atoms with Crippen molar-refractivity contribution in [2.75, 3.05) is 24.3 Å². The number of hydrogen-bond donors (Lipinski definition) is 4. The molecule has 1 aromatic heterocycles. The number of pyridine rings is 1. The third-order valence-corrected chi connectivity index (χ3v) is 4.58. The Morgan fingerprint density at radius 2 is 2.04 bits per heavy atom. The summed E-state index contributed by atoms with van der Waals surface area (Å²) < 4.78 is 6.94. The first kappa shape index (κ1) is 18.7. The van der Waals surface area contributed by atoms with Gasteiger partial charge in [0.15, 0.2) is 0 Å². The average Bonchev–Trinajstić information content (AvgIpc) is 2.66. The quantitative estimate of drug-likeness (QED) is 0.561. The molecular weight excluding hydrogens is 342 g/mol. The molecule has 0 atom stereocenters. The molecule has 0 unspecified atom stereocenters. The summed E-state index contributed by atoms with van der Waals surface area (Å²) in [5, 5.41) is 14.2. The third-order valence-electron chi connectivity index (χ3n) is 4.58. The molecule has 7 heteroatoms. The Labute approximate surface area is 158 Å². The lowest BCUT2D eigenvalue weighted by molar-refractivity contribution is 0.0805. The Morgan fingerprint density at radius 1 is 1.33 bits per heavy atom. The highest BCUT2D eigenvalue weighted by molar-refractivity contribution is 5.91. The smallest absolute Gasteiger partial charge is 0.254 e. The molecule has 0 saturated carbocycles. The Balaban J connectivity index is 1.90. The van der Waals surface area contributed by atoms with Crippen LogP contribution in [0.25, 0.3) is 0 Å². The number of nitrogen functional groups attached to an aromatic ring is 1. The van der Waals surface area contributed by atoms with Gasteiger partial charge in [0.2, 0.25) is 0 Å². The highest BCUT2D eigenvalue weighted by atomic mass is 16.5. The van der Waals surface area contributed by atoms with Crippen molar-refractivity contribution in [3.63, 3.8) is 0 Å². The summed E-state index contributed by atoms with van der Waals surface area (Å²) in [6.45, 7) is 5.83. The van der Waals surface area contributed by atoms with E-state index in [-0.39, 0.29) is 17.3 Å². The molecular formula is C20H25N5O2. The molecule has 1 aliphatic rings. The van der Waals surface area contributed by atoms with Gasteiger partial charge in [0.25, 0.3) is 5.56 Å². The van der Waals surface area contributed by atoms with Crippen molar-refractivity contribution in [1.29, 1.82) is 5.41 Å². The van der Waals surface area contributed by atoms with Crippen molar-refractivity contribution in [2.24, 2.45) is 0 Å². The van der Waals surface area contributed by atoms with E-state index in [4.69, 9.17) is 15.9 Å². The summed E-state index contributed by atoms with van der Waals surface area (Å²) in [6, 6.07) is 11.3. The summed E-state index contributed by atoms with van der Waals surface area (Å²) in [6.07, 6.45) is 2.94. The minimum atomic E-state index is -0.233. The van der Waals surface area contributed by atoms with Crippen LogP contribution in [0, 0.1) is 5.41 Å². The van der Waals surface area contributed by atoms with Crippen LogP contribution in [0.4, 0.5) is 11.5 Å². The second-order valence-corrected chi connectivity index (χ2v) is 6.55. The molecule has 0 bridgehead atoms. The Kier molecular flexibility index (Phi) is 5.93. The van der Waals surface area contributed by atoms with Gasteiger partial charge in [-0.25, -0.2) is 0 Å². The monoisotopic (exact) mass is 367 g/mol. The number of aromatic nitrogens is 1. The number of anilines is 2. The molecule has 5 N–H and O–H groups in total. The first-order chi connectivity index (χ1) is 13.1. The maximum Gasteiger partial charge on any atom is 0.254 e. The third kappa shape index (κ3) is 4.57. The summed E-state index contributed by atoms with van der Waals surface area (Å²) in [7, 11) is 0. The van der Waals surface area contributed by atoms with Crippen LogP contribution in [0.15, 0.2) is 53.6 Å². The van der Waals surface area contributed by atoms with Crippen LogP contribution in [0.1, 0.15) is 24.0 Å². The first-order valence-electron chi connectivity index (χ1n) is 8.96. The van der Waals surface area contributed by atoms with Crippen LogP contribution >= 0.6 is 0 Å². The fourth-order valence-electron chi connectivity index (χ4n) is 3.16. The van der Waals surface area contributed by atoms with Crippen LogP contribution in [0.3, 0.4) is 0 Å². The fraction of sp³-hybridized carbons (Fsp3) is 0.300. The van der Waals surface area contributed by atoms with Crippen LogP contribution in [-0.2, 0) is 11.3 Å². The van der Waals surface area contributed by atoms with E-state index in [9.17, 15) is 4.79 Å². The van der Waals surface area contributed by atoms with Gasteiger partial charge >= 0.3 is 0 Å². The largest absolute Gasteiger partial charge is 0.398 e. The Bertz CT molecular complexity index is 870. The highest BCUT2D eigenvalue weighted by Gasteiger charge is 2.17. The number of nitrogens with zero attached hydrogens (tertiary/aromatic N) is 1. The number of nitrogens with one attached hydrogen (secondary N) is 3. The molecule has 0 radical (unpaired) electrons. The SMILES string of the molecule is C=C(Nc1c(C=N)c(N)cc(=O)n1Cc1ccccc1)NC1CCOCC1. The molecule has 27 heavy (non-hydrogen) atoms. The van der Waals surface area contributed by atoms with Crippen LogP contribution in [0.2, 0.25) is 0 Å². The number of benzene rings is 1. The van der Waals surface area contributed by atoms with Gasteiger partial charge in [-0.15, -0.1) is 0 Å². The molecule has 3 rings (SSSR count). The second kappa shape index (κ2) is 8.55. The fourth-order valence-corrected chi connectivity index (χ4v) is 3.16. The number of rotatable bonds is 7. The van der Waals surface area contributed by atoms with Crippen molar-refractivity contribution in [2.45, 2.75) is 25.4 Å². The highest BCUT2D eigenvalue weighted by Crippen LogP contribution is 2.21. The number of ether oxygens (including phenoxy) is 1.